The molecular weight excluding hydrogens is 2220 g/mol. The summed E-state index contributed by atoms with van der Waals surface area (Å²) >= 11 is 6.13. The van der Waals surface area contributed by atoms with Crippen LogP contribution in [0.4, 0.5) is 17.6 Å². The number of thiophene rings is 2. The van der Waals surface area contributed by atoms with Crippen molar-refractivity contribution < 1.29 is 132 Å². The molecule has 12 bridgehead atoms. The maximum Gasteiger partial charge on any atom is 0.367 e. The first kappa shape index (κ1) is 93.6. The number of carbonyl (C=O) groups excluding carboxylic acids is 7. The molecule has 0 radical (unpaired) electrons. The Balaban J connectivity index is 0.000000110. The first-order valence-electron chi connectivity index (χ1n) is 43.5. The minimum Gasteiger partial charge on any atom is -0.743 e. The molecule has 684 valence electrons. The number of carbonyl (C=O) groups is 7. The molecule has 12 saturated carbocycles. The number of hydrogen-bond donors (Lipinski definition) is 0. The zero-order valence-electron chi connectivity index (χ0n) is 70.0. The van der Waals surface area contributed by atoms with Crippen molar-refractivity contribution in [2.45, 2.75) is 125 Å². The van der Waals surface area contributed by atoms with E-state index in [-0.39, 0.29) is 54.1 Å². The molecule has 9 aromatic carbocycles. The van der Waals surface area contributed by atoms with Crippen molar-refractivity contribution in [3.8, 4) is 9.79 Å². The maximum atomic E-state index is 13.5. The SMILES string of the molecule is O=C([O-])c1c(I)ccc(I)c1I.O=C1OC2C3CC(C2OC(=O)C24CC5CC(CC(C5)C2)C4)C(C(=O)OCC(F)(F)S(=O)(=O)[O-])C13.O=C1OC2C3CC(C2OC(=O)C24CC5CC(CC(C5)C2)C4)C(C(=O)OCC(F)(F)S(=O)(=O)[O-])C13.c1ccc(-[s+]2c3ccccc3c3ccccc32)cc1.c1ccc(-[s+]2c3ccccc3c3ccccc32)cc1.c1ccc([I+]c2ccccc2)cc1. The highest BCUT2D eigenvalue weighted by molar-refractivity contribution is 14.1. The number of benzene rings is 9. The van der Waals surface area contributed by atoms with E-state index >= 15 is 0 Å². The lowest BCUT2D eigenvalue weighted by Crippen LogP contribution is -3.61. The van der Waals surface area contributed by atoms with Crippen LogP contribution >= 0.6 is 88.7 Å². The molecule has 2 aromatic heterocycles. The van der Waals surface area contributed by atoms with Gasteiger partial charge in [0.2, 0.25) is 0 Å². The second-order valence-electron chi connectivity index (χ2n) is 36.5. The molecule has 14 aliphatic rings. The van der Waals surface area contributed by atoms with Gasteiger partial charge in [-0.15, -0.1) is 0 Å². The molecule has 2 aliphatic heterocycles. The fraction of sp³-hybridized carbons (Fsp3) is 0.384. The summed E-state index contributed by atoms with van der Waals surface area (Å²) in [6.07, 6.45) is 9.00. The molecule has 14 fully saturated rings. The van der Waals surface area contributed by atoms with Crippen LogP contribution in [0, 0.1) is 112 Å². The van der Waals surface area contributed by atoms with Crippen LogP contribution < -0.4 is 26.3 Å². The summed E-state index contributed by atoms with van der Waals surface area (Å²) < 4.78 is 161. The first-order valence-corrected chi connectivity index (χ1v) is 54.2. The second kappa shape index (κ2) is 37.7. The lowest BCUT2D eigenvalue weighted by atomic mass is 9.49. The second-order valence-corrected chi connectivity index (χ2v) is 49.9. The molecular formula is C99H88F4I4O20S4. The topological polar surface area (TPSA) is 312 Å². The third-order valence-corrected chi connectivity index (χ3v) is 41.5. The van der Waals surface area contributed by atoms with Gasteiger partial charge in [-0.05, 0) is 302 Å². The molecule has 0 spiro atoms. The summed E-state index contributed by atoms with van der Waals surface area (Å²) in [7, 11) is -11.9. The van der Waals surface area contributed by atoms with E-state index in [9.17, 15) is 82.2 Å². The molecule has 20 nitrogen and oxygen atoms in total. The Kier molecular flexibility index (Phi) is 26.9. The molecule has 0 amide bonds. The minimum atomic E-state index is -6.02. The first-order chi connectivity index (χ1) is 62.7. The number of alkyl halides is 4. The quantitative estimate of drug-likeness (QED) is 0.0155. The summed E-state index contributed by atoms with van der Waals surface area (Å²) in [6.45, 7) is -3.87. The fourth-order valence-corrected chi connectivity index (χ4v) is 33.7. The van der Waals surface area contributed by atoms with Crippen LogP contribution in [0.5, 0.6) is 0 Å². The smallest absolute Gasteiger partial charge is 0.367 e. The third-order valence-electron chi connectivity index (χ3n) is 28.5. The Morgan fingerprint density at radius 3 is 1.00 bits per heavy atom. The van der Waals surface area contributed by atoms with Crippen LogP contribution in [0.15, 0.2) is 231 Å². The van der Waals surface area contributed by atoms with Crippen molar-refractivity contribution in [3.05, 3.63) is 254 Å². The Morgan fingerprint density at radius 2 is 0.702 bits per heavy atom. The molecule has 12 unspecified atom stereocenters. The van der Waals surface area contributed by atoms with E-state index in [1.54, 1.807) is 6.07 Å². The van der Waals surface area contributed by atoms with Gasteiger partial charge in [0.15, 0.2) is 69.2 Å². The van der Waals surface area contributed by atoms with Gasteiger partial charge in [-0.1, -0.05) is 121 Å². The average Bonchev–Trinajstić information content (AvgIpc) is 1.50. The predicted molar refractivity (Wildman–Crippen MR) is 499 cm³/mol. The number of aromatic carboxylic acids is 1. The molecule has 12 aliphatic carbocycles. The predicted octanol–water partition coefficient (Wildman–Crippen LogP) is 16.3. The van der Waals surface area contributed by atoms with E-state index < -0.39 is 156 Å². The van der Waals surface area contributed by atoms with E-state index in [1.807, 2.05) is 51.2 Å². The van der Waals surface area contributed by atoms with E-state index in [4.69, 9.17) is 18.9 Å². The number of fused-ring (bicyclic) bond motifs is 8. The van der Waals surface area contributed by atoms with Gasteiger partial charge in [0, 0.05) is 82.4 Å². The number of rotatable bonds is 17. The largest absolute Gasteiger partial charge is 0.743 e. The number of ether oxygens (including phenoxy) is 6. The molecule has 131 heavy (non-hydrogen) atoms. The van der Waals surface area contributed by atoms with Gasteiger partial charge in [-0.25, -0.2) is 16.8 Å². The number of halogens is 8. The molecule has 32 heteroatoms. The van der Waals surface area contributed by atoms with Gasteiger partial charge in [-0.2, -0.15) is 17.6 Å². The Morgan fingerprint density at radius 1 is 0.412 bits per heavy atom. The van der Waals surface area contributed by atoms with Crippen LogP contribution in [0.2, 0.25) is 0 Å². The van der Waals surface area contributed by atoms with Crippen molar-refractivity contribution in [2.24, 2.45) is 93.7 Å². The van der Waals surface area contributed by atoms with Gasteiger partial charge < -0.3 is 47.4 Å². The van der Waals surface area contributed by atoms with Crippen molar-refractivity contribution in [1.29, 1.82) is 0 Å². The fourth-order valence-electron chi connectivity index (χ4n) is 23.9. The third kappa shape index (κ3) is 18.5. The molecule has 2 saturated heterocycles. The van der Waals surface area contributed by atoms with Crippen LogP contribution in [-0.4, -0.2) is 116 Å². The summed E-state index contributed by atoms with van der Waals surface area (Å²) in [5.41, 5.74) is -0.818. The van der Waals surface area contributed by atoms with Gasteiger partial charge in [-0.3, -0.25) is 28.8 Å². The lowest BCUT2D eigenvalue weighted by molar-refractivity contribution is -0.597. The minimum absolute atomic E-state index is 0.0287. The molecule has 4 heterocycles. The summed E-state index contributed by atoms with van der Waals surface area (Å²) in [5.74, 6) is -8.90. The number of carboxylic acids is 1. The van der Waals surface area contributed by atoms with Gasteiger partial charge in [0.05, 0.1) is 40.5 Å². The zero-order valence-corrected chi connectivity index (χ0v) is 81.9. The van der Waals surface area contributed by atoms with Crippen molar-refractivity contribution in [3.63, 3.8) is 0 Å². The summed E-state index contributed by atoms with van der Waals surface area (Å²) in [4.78, 5) is 90.7. The Hall–Kier alpha value is -7.83. The van der Waals surface area contributed by atoms with Gasteiger partial charge in [0.25, 0.3) is 0 Å². The highest BCUT2D eigenvalue weighted by atomic mass is 127. The monoisotopic (exact) mass is 2310 g/mol. The van der Waals surface area contributed by atoms with E-state index in [0.29, 0.717) is 53.9 Å². The summed E-state index contributed by atoms with van der Waals surface area (Å²) in [5, 5.41) is 6.67. The number of esters is 6. The van der Waals surface area contributed by atoms with Crippen LogP contribution in [0.3, 0.4) is 0 Å². The average molecular weight is 2310 g/mol. The van der Waals surface area contributed by atoms with Gasteiger partial charge >= 0.3 is 67.5 Å². The number of carboxylic acid groups (broad SMARTS) is 1. The van der Waals surface area contributed by atoms with Crippen LogP contribution in [0.25, 0.3) is 50.1 Å². The van der Waals surface area contributed by atoms with Gasteiger partial charge in [0.1, 0.15) is 24.4 Å². The lowest BCUT2D eigenvalue weighted by Gasteiger charge is -2.55. The summed E-state index contributed by atoms with van der Waals surface area (Å²) in [6, 6.07) is 81.9. The standard InChI is InChI=1S/2C22H26F2O9S.2C18H13S.C12H10I.C7H3I3O2/c2*23-22(24,34(28,29)30)8-31-18(25)14-12-4-13-15(14)19(26)32-16(13)17(12)33-20(27)21-5-9-1-10(6-21)3-11(2-9)7-21;2*1-2-8-14(9-3-1)19-17-12-6-4-10-15(17)16-11-5-7-13-18(16)19;1-3-7-11(8-4-1)13-12-9-5-2-6-10-12;8-3-1-2-4(9)6(10)5(3)7(11)12/h2*9-17H,1-8H2,(H,28,29,30);2*1-13H;1-10H;1-2H,(H,11,12)/q;;3*+1;/p-3. The molecule has 0 N–H and O–H groups in total. The van der Waals surface area contributed by atoms with E-state index in [2.05, 4.69) is 250 Å². The maximum absolute atomic E-state index is 13.5. The van der Waals surface area contributed by atoms with E-state index in [1.165, 1.54) is 57.3 Å². The van der Waals surface area contributed by atoms with Crippen molar-refractivity contribution >= 4 is 191 Å². The molecule has 12 atom stereocenters. The Labute approximate surface area is 810 Å². The number of hydrogen-bond acceptors (Lipinski definition) is 20. The highest BCUT2D eigenvalue weighted by Crippen LogP contribution is 2.66. The highest BCUT2D eigenvalue weighted by Gasteiger charge is 2.73. The Bertz CT molecular complexity index is 5960. The van der Waals surface area contributed by atoms with E-state index in [0.717, 1.165) is 87.8 Å². The van der Waals surface area contributed by atoms with Crippen molar-refractivity contribution in [2.75, 3.05) is 13.2 Å². The van der Waals surface area contributed by atoms with Crippen LogP contribution in [-0.2, 0) is 77.4 Å². The zero-order chi connectivity index (χ0) is 92.0. The molecule has 11 aromatic rings. The van der Waals surface area contributed by atoms with Crippen LogP contribution in [0.1, 0.15) is 100 Å². The van der Waals surface area contributed by atoms with Crippen molar-refractivity contribution in [1.82, 2.24) is 0 Å². The normalized spacial score (nSPS) is 29.0. The molecule has 25 rings (SSSR count).